The minimum Gasteiger partial charge on any atom is -1.00 e. The van der Waals surface area contributed by atoms with Crippen LogP contribution >= 0.6 is 0 Å². The highest BCUT2D eigenvalue weighted by Gasteiger charge is 2.41. The van der Waals surface area contributed by atoms with E-state index >= 15 is 0 Å². The van der Waals surface area contributed by atoms with Gasteiger partial charge in [-0.1, -0.05) is 40.0 Å². The average Bonchev–Trinajstić information content (AvgIpc) is 2.64. The van der Waals surface area contributed by atoms with Crippen molar-refractivity contribution in [3.63, 3.8) is 0 Å². The normalized spacial score (nSPS) is 12.2. The molecule has 0 aliphatic carbocycles. The van der Waals surface area contributed by atoms with E-state index in [0.29, 0.717) is 0 Å². The van der Waals surface area contributed by atoms with E-state index in [1.807, 2.05) is 0 Å². The van der Waals surface area contributed by atoms with Crippen LogP contribution in [0.2, 0.25) is 6.04 Å². The lowest BCUT2D eigenvalue weighted by atomic mass is 10.1. The number of unbranched alkanes of at least 4 members (excludes halogenated alkanes) is 6. The molecule has 0 fully saturated rings. The van der Waals surface area contributed by atoms with Crippen molar-refractivity contribution in [2.75, 3.05) is 47.5 Å². The molecule has 0 N–H and O–H groups in total. The maximum absolute atomic E-state index is 5.69. The summed E-state index contributed by atoms with van der Waals surface area (Å²) >= 11 is 0. The number of nitrogens with zero attached hydrogens (tertiary/aromatic N) is 1. The van der Waals surface area contributed by atoms with Crippen molar-refractivity contribution < 1.29 is 34.7 Å². The molecule has 0 rings (SSSR count). The Morgan fingerprint density at radius 3 is 1.19 bits per heavy atom. The Morgan fingerprint density at radius 1 is 0.577 bits per heavy atom. The predicted molar refractivity (Wildman–Crippen MR) is 110 cm³/mol. The maximum Gasteiger partial charge on any atom is 0.505 e. The fourth-order valence-corrected chi connectivity index (χ4v) is 5.55. The summed E-state index contributed by atoms with van der Waals surface area (Å²) in [5.41, 5.74) is 0. The average molecular weight is 457 g/mol. The Balaban J connectivity index is 0. The van der Waals surface area contributed by atoms with Crippen molar-refractivity contribution >= 4 is 8.80 Å². The van der Waals surface area contributed by atoms with E-state index in [1.165, 1.54) is 81.9 Å². The van der Waals surface area contributed by atoms with Crippen LogP contribution in [0.4, 0.5) is 0 Å². The number of rotatable bonds is 18. The zero-order chi connectivity index (χ0) is 19.0. The molecule has 0 saturated carbocycles. The highest BCUT2D eigenvalue weighted by atomic mass is 79.9. The largest absolute Gasteiger partial charge is 1.00 e. The van der Waals surface area contributed by atoms with Crippen molar-refractivity contribution in [1.29, 1.82) is 0 Å². The summed E-state index contributed by atoms with van der Waals surface area (Å²) < 4.78 is 18.3. The van der Waals surface area contributed by atoms with Gasteiger partial charge in [-0.05, 0) is 38.5 Å². The predicted octanol–water partition coefficient (Wildman–Crippen LogP) is 2.26. The SMILES string of the molecule is CCCCC[N+](CCCCC)(CCCCC)CC[Si](OC)(OC)OC.[Br-]. The Kier molecular flexibility index (Phi) is 19.5. The monoisotopic (exact) mass is 455 g/mol. The van der Waals surface area contributed by atoms with Crippen LogP contribution in [0.3, 0.4) is 0 Å². The molecule has 6 heteroatoms. The summed E-state index contributed by atoms with van der Waals surface area (Å²) in [4.78, 5) is 0. The van der Waals surface area contributed by atoms with Crippen molar-refractivity contribution in [2.45, 2.75) is 84.6 Å². The van der Waals surface area contributed by atoms with Crippen molar-refractivity contribution in [1.82, 2.24) is 0 Å². The molecule has 4 nitrogen and oxygen atoms in total. The molecule has 0 aliphatic rings. The highest BCUT2D eigenvalue weighted by molar-refractivity contribution is 6.60. The summed E-state index contributed by atoms with van der Waals surface area (Å²) in [5, 5.41) is 0. The molecule has 0 bridgehead atoms. The van der Waals surface area contributed by atoms with Gasteiger partial charge in [-0.15, -0.1) is 0 Å². The van der Waals surface area contributed by atoms with Crippen LogP contribution in [0.25, 0.3) is 0 Å². The Morgan fingerprint density at radius 2 is 0.923 bits per heavy atom. The molecule has 0 unspecified atom stereocenters. The lowest BCUT2D eigenvalue weighted by Crippen LogP contribution is -3.00. The molecule has 0 aliphatic heterocycles. The Bertz CT molecular complexity index is 270. The first-order valence-corrected chi connectivity index (χ1v) is 12.5. The van der Waals surface area contributed by atoms with Gasteiger partial charge in [-0.25, -0.2) is 0 Å². The van der Waals surface area contributed by atoms with E-state index in [4.69, 9.17) is 13.3 Å². The third kappa shape index (κ3) is 11.4. The topological polar surface area (TPSA) is 27.7 Å². The number of halogens is 1. The molecule has 160 valence electrons. The standard InChI is InChI=1S/C20H46NO3Si.BrH/c1-7-10-13-16-21(17-14-11-8-2,18-15-12-9-3)19-20-25(22-4,23-5)24-6;/h7-20H2,1-6H3;1H/q+1;/p-1. The third-order valence-electron chi connectivity index (χ3n) is 5.53. The van der Waals surface area contributed by atoms with Gasteiger partial charge in [0.15, 0.2) is 0 Å². The molecule has 0 aromatic rings. The summed E-state index contributed by atoms with van der Waals surface area (Å²) in [5.74, 6) is 0. The van der Waals surface area contributed by atoms with Crippen LogP contribution in [-0.4, -0.2) is 60.8 Å². The fourth-order valence-electron chi connectivity index (χ4n) is 3.69. The highest BCUT2D eigenvalue weighted by Crippen LogP contribution is 2.22. The molecule has 0 heterocycles. The van der Waals surface area contributed by atoms with Gasteiger partial charge in [-0.3, -0.25) is 0 Å². The first-order valence-electron chi connectivity index (χ1n) is 10.6. The maximum atomic E-state index is 5.69. The zero-order valence-corrected chi connectivity index (χ0v) is 21.0. The van der Waals surface area contributed by atoms with Crippen molar-refractivity contribution in [2.24, 2.45) is 0 Å². The van der Waals surface area contributed by atoms with Gasteiger partial charge in [0.05, 0.1) is 32.2 Å². The minimum absolute atomic E-state index is 0. The van der Waals surface area contributed by atoms with Crippen LogP contribution in [0, 0.1) is 0 Å². The van der Waals surface area contributed by atoms with E-state index in [9.17, 15) is 0 Å². The van der Waals surface area contributed by atoms with Gasteiger partial charge in [-0.2, -0.15) is 0 Å². The Hall–Kier alpha value is 0.537. The molecule has 0 saturated heterocycles. The Labute approximate surface area is 175 Å². The van der Waals surface area contributed by atoms with Crippen molar-refractivity contribution in [3.8, 4) is 0 Å². The van der Waals surface area contributed by atoms with E-state index < -0.39 is 8.80 Å². The van der Waals surface area contributed by atoms with Gasteiger partial charge < -0.3 is 34.7 Å². The summed E-state index contributed by atoms with van der Waals surface area (Å²) in [6, 6.07) is 0.918. The van der Waals surface area contributed by atoms with Gasteiger partial charge in [0, 0.05) is 21.3 Å². The van der Waals surface area contributed by atoms with Crippen LogP contribution in [0.1, 0.15) is 78.6 Å². The lowest BCUT2D eigenvalue weighted by Gasteiger charge is -2.41. The number of hydrogen-bond donors (Lipinski definition) is 0. The van der Waals surface area contributed by atoms with Crippen LogP contribution in [0.5, 0.6) is 0 Å². The molecular formula is C20H46BrNO3Si. The lowest BCUT2D eigenvalue weighted by molar-refractivity contribution is -0.927. The van der Waals surface area contributed by atoms with Crippen LogP contribution in [-0.2, 0) is 13.3 Å². The number of quaternary nitrogens is 1. The first-order chi connectivity index (χ1) is 12.1. The van der Waals surface area contributed by atoms with Crippen molar-refractivity contribution in [3.05, 3.63) is 0 Å². The summed E-state index contributed by atoms with van der Waals surface area (Å²) in [6.45, 7) is 11.9. The van der Waals surface area contributed by atoms with Crippen LogP contribution < -0.4 is 17.0 Å². The van der Waals surface area contributed by atoms with Gasteiger partial charge in [0.2, 0.25) is 0 Å². The summed E-state index contributed by atoms with van der Waals surface area (Å²) in [6.07, 6.45) is 11.9. The molecule has 0 radical (unpaired) electrons. The third-order valence-corrected chi connectivity index (χ3v) is 8.24. The molecule has 26 heavy (non-hydrogen) atoms. The first kappa shape index (κ1) is 28.7. The second-order valence-corrected chi connectivity index (χ2v) is 10.5. The van der Waals surface area contributed by atoms with E-state index in [1.54, 1.807) is 21.3 Å². The van der Waals surface area contributed by atoms with E-state index in [0.717, 1.165) is 12.6 Å². The smallest absolute Gasteiger partial charge is 0.505 e. The molecule has 0 spiro atoms. The summed E-state index contributed by atoms with van der Waals surface area (Å²) in [7, 11) is 2.72. The van der Waals surface area contributed by atoms with E-state index in [-0.39, 0.29) is 17.0 Å². The fraction of sp³-hybridized carbons (Fsp3) is 1.00. The number of hydrogen-bond acceptors (Lipinski definition) is 3. The zero-order valence-electron chi connectivity index (χ0n) is 18.4. The molecule has 0 aromatic heterocycles. The van der Waals surface area contributed by atoms with Crippen LogP contribution in [0.15, 0.2) is 0 Å². The quantitative estimate of drug-likeness (QED) is 0.180. The van der Waals surface area contributed by atoms with Gasteiger partial charge >= 0.3 is 8.80 Å². The minimum atomic E-state index is -2.49. The molecule has 0 atom stereocenters. The second-order valence-electron chi connectivity index (χ2n) is 7.40. The van der Waals surface area contributed by atoms with Gasteiger partial charge in [0.25, 0.3) is 0 Å². The second kappa shape index (κ2) is 17.6. The molecular weight excluding hydrogens is 410 g/mol. The van der Waals surface area contributed by atoms with Gasteiger partial charge in [0.1, 0.15) is 0 Å². The molecule has 0 amide bonds. The van der Waals surface area contributed by atoms with E-state index in [2.05, 4.69) is 20.8 Å². The molecule has 0 aromatic carbocycles.